The summed E-state index contributed by atoms with van der Waals surface area (Å²) in [6.45, 7) is 7.48. The van der Waals surface area contributed by atoms with Crippen LogP contribution in [0.4, 0.5) is 0 Å². The first-order valence-corrected chi connectivity index (χ1v) is 6.75. The number of aromatic nitrogens is 2. The van der Waals surface area contributed by atoms with Crippen LogP contribution in [0.1, 0.15) is 38.9 Å². The summed E-state index contributed by atoms with van der Waals surface area (Å²) < 4.78 is 5.19. The zero-order valence-electron chi connectivity index (χ0n) is 11.7. The summed E-state index contributed by atoms with van der Waals surface area (Å²) in [5.41, 5.74) is 0. The minimum absolute atomic E-state index is 0.0181. The molecule has 0 saturated carbocycles. The Kier molecular flexibility index (Phi) is 4.19. The van der Waals surface area contributed by atoms with Gasteiger partial charge in [0.15, 0.2) is 5.82 Å². The van der Waals surface area contributed by atoms with Gasteiger partial charge in [0, 0.05) is 12.5 Å². The molecule has 1 aromatic rings. The molecule has 0 amide bonds. The number of rotatable bonds is 5. The monoisotopic (exact) mass is 267 g/mol. The second-order valence-corrected chi connectivity index (χ2v) is 5.65. The Morgan fingerprint density at radius 1 is 1.58 bits per heavy atom. The molecule has 6 heteroatoms. The fourth-order valence-electron chi connectivity index (χ4n) is 2.53. The Bertz CT molecular complexity index is 444. The predicted molar refractivity (Wildman–Crippen MR) is 68.5 cm³/mol. The first kappa shape index (κ1) is 14.0. The number of carbonyl (C=O) groups is 1. The van der Waals surface area contributed by atoms with Crippen molar-refractivity contribution in [2.75, 3.05) is 6.54 Å². The smallest absolute Gasteiger partial charge is 0.308 e. The average molecular weight is 267 g/mol. The van der Waals surface area contributed by atoms with Gasteiger partial charge in [-0.1, -0.05) is 19.0 Å². The van der Waals surface area contributed by atoms with Gasteiger partial charge in [0.1, 0.15) is 0 Å². The van der Waals surface area contributed by atoms with Crippen LogP contribution >= 0.6 is 0 Å². The summed E-state index contributed by atoms with van der Waals surface area (Å²) in [6, 6.07) is 0.0181. The highest BCUT2D eigenvalue weighted by Gasteiger charge is 2.35. The maximum atomic E-state index is 11.1. The number of hydrogen-bond acceptors (Lipinski definition) is 5. The maximum Gasteiger partial charge on any atom is 0.308 e. The fraction of sp³-hybridized carbons (Fsp3) is 0.769. The van der Waals surface area contributed by atoms with E-state index in [0.29, 0.717) is 30.6 Å². The van der Waals surface area contributed by atoms with Crippen LogP contribution in [-0.4, -0.2) is 38.7 Å². The van der Waals surface area contributed by atoms with Crippen molar-refractivity contribution in [2.45, 2.75) is 46.2 Å². The molecular formula is C13H21N3O3. The largest absolute Gasteiger partial charge is 0.481 e. The van der Waals surface area contributed by atoms with E-state index in [2.05, 4.69) is 28.9 Å². The van der Waals surface area contributed by atoms with Gasteiger partial charge in [-0.05, 0) is 25.8 Å². The summed E-state index contributed by atoms with van der Waals surface area (Å²) >= 11 is 0. The summed E-state index contributed by atoms with van der Waals surface area (Å²) in [4.78, 5) is 17.5. The number of hydrogen-bond donors (Lipinski definition) is 1. The van der Waals surface area contributed by atoms with Crippen LogP contribution < -0.4 is 0 Å². The van der Waals surface area contributed by atoms with E-state index >= 15 is 0 Å². The SMILES string of the molecule is CC(C)Cc1nc(CN2CCC(C(=O)O)C2C)no1. The highest BCUT2D eigenvalue weighted by atomic mass is 16.5. The molecule has 0 aromatic carbocycles. The second-order valence-electron chi connectivity index (χ2n) is 5.65. The molecule has 1 aromatic heterocycles. The lowest BCUT2D eigenvalue weighted by Gasteiger charge is -2.20. The molecule has 6 nitrogen and oxygen atoms in total. The summed E-state index contributed by atoms with van der Waals surface area (Å²) in [5.74, 6) is 0.779. The molecule has 1 N–H and O–H groups in total. The van der Waals surface area contributed by atoms with Gasteiger partial charge >= 0.3 is 5.97 Å². The topological polar surface area (TPSA) is 79.5 Å². The lowest BCUT2D eigenvalue weighted by molar-refractivity contribution is -0.142. The van der Waals surface area contributed by atoms with Gasteiger partial charge < -0.3 is 9.63 Å². The van der Waals surface area contributed by atoms with Gasteiger partial charge in [0.25, 0.3) is 0 Å². The third-order valence-electron chi connectivity index (χ3n) is 3.64. The molecule has 106 valence electrons. The zero-order chi connectivity index (χ0) is 14.0. The molecule has 1 aliphatic rings. The lowest BCUT2D eigenvalue weighted by Crippen LogP contribution is -2.32. The minimum atomic E-state index is -0.719. The zero-order valence-corrected chi connectivity index (χ0v) is 11.7. The van der Waals surface area contributed by atoms with Crippen LogP contribution in [0.3, 0.4) is 0 Å². The van der Waals surface area contributed by atoms with Crippen molar-refractivity contribution in [1.29, 1.82) is 0 Å². The molecule has 0 bridgehead atoms. The van der Waals surface area contributed by atoms with E-state index in [-0.39, 0.29) is 12.0 Å². The Labute approximate surface area is 112 Å². The second kappa shape index (κ2) is 5.69. The first-order chi connectivity index (χ1) is 8.97. The van der Waals surface area contributed by atoms with Crippen LogP contribution in [0.15, 0.2) is 4.52 Å². The van der Waals surface area contributed by atoms with E-state index in [1.807, 2.05) is 6.92 Å². The van der Waals surface area contributed by atoms with E-state index in [1.54, 1.807) is 0 Å². The van der Waals surface area contributed by atoms with E-state index in [0.717, 1.165) is 13.0 Å². The van der Waals surface area contributed by atoms with Gasteiger partial charge in [-0.25, -0.2) is 0 Å². The Balaban J connectivity index is 1.95. The van der Waals surface area contributed by atoms with Gasteiger partial charge in [-0.15, -0.1) is 0 Å². The molecule has 19 heavy (non-hydrogen) atoms. The van der Waals surface area contributed by atoms with Crippen LogP contribution in [0.25, 0.3) is 0 Å². The van der Waals surface area contributed by atoms with Crippen molar-refractivity contribution in [3.63, 3.8) is 0 Å². The van der Waals surface area contributed by atoms with E-state index in [1.165, 1.54) is 0 Å². The van der Waals surface area contributed by atoms with Gasteiger partial charge in [-0.2, -0.15) is 4.98 Å². The molecule has 2 atom stereocenters. The van der Waals surface area contributed by atoms with Crippen LogP contribution in [0, 0.1) is 11.8 Å². The molecule has 1 aliphatic heterocycles. The lowest BCUT2D eigenvalue weighted by atomic mass is 10.0. The Morgan fingerprint density at radius 3 is 2.89 bits per heavy atom. The van der Waals surface area contributed by atoms with Crippen molar-refractivity contribution in [3.8, 4) is 0 Å². The molecular weight excluding hydrogens is 246 g/mol. The molecule has 1 saturated heterocycles. The quantitative estimate of drug-likeness (QED) is 0.872. The number of nitrogens with zero attached hydrogens (tertiary/aromatic N) is 3. The normalized spacial score (nSPS) is 24.2. The van der Waals surface area contributed by atoms with Crippen molar-refractivity contribution < 1.29 is 14.4 Å². The molecule has 0 spiro atoms. The molecule has 0 aliphatic carbocycles. The molecule has 2 unspecified atom stereocenters. The van der Waals surface area contributed by atoms with Crippen molar-refractivity contribution in [2.24, 2.45) is 11.8 Å². The van der Waals surface area contributed by atoms with Crippen molar-refractivity contribution in [1.82, 2.24) is 15.0 Å². The third-order valence-corrected chi connectivity index (χ3v) is 3.64. The summed E-state index contributed by atoms with van der Waals surface area (Å²) in [6.07, 6.45) is 1.47. The predicted octanol–water partition coefficient (Wildman–Crippen LogP) is 1.56. The molecule has 2 heterocycles. The molecule has 0 radical (unpaired) electrons. The van der Waals surface area contributed by atoms with Crippen molar-refractivity contribution in [3.05, 3.63) is 11.7 Å². The number of likely N-dealkylation sites (tertiary alicyclic amines) is 1. The highest BCUT2D eigenvalue weighted by molar-refractivity contribution is 5.71. The van der Waals surface area contributed by atoms with Gasteiger partial charge in [0.2, 0.25) is 5.89 Å². The number of carboxylic acid groups (broad SMARTS) is 1. The maximum absolute atomic E-state index is 11.1. The minimum Gasteiger partial charge on any atom is -0.481 e. The summed E-state index contributed by atoms with van der Waals surface area (Å²) in [7, 11) is 0. The summed E-state index contributed by atoms with van der Waals surface area (Å²) in [5, 5.41) is 13.1. The van der Waals surface area contributed by atoms with E-state index in [4.69, 9.17) is 9.63 Å². The number of aliphatic carboxylic acids is 1. The highest BCUT2D eigenvalue weighted by Crippen LogP contribution is 2.25. The number of carboxylic acids is 1. The Hall–Kier alpha value is -1.43. The van der Waals surface area contributed by atoms with Crippen LogP contribution in [-0.2, 0) is 17.8 Å². The average Bonchev–Trinajstić information content (AvgIpc) is 2.87. The fourth-order valence-corrected chi connectivity index (χ4v) is 2.53. The molecule has 2 rings (SSSR count). The standard InChI is InChI=1S/C13H21N3O3/c1-8(2)6-12-14-11(15-19-12)7-16-5-4-10(9(16)3)13(17)18/h8-10H,4-7H2,1-3H3,(H,17,18). The van der Waals surface area contributed by atoms with Crippen molar-refractivity contribution >= 4 is 5.97 Å². The van der Waals surface area contributed by atoms with Crippen LogP contribution in [0.5, 0.6) is 0 Å². The van der Waals surface area contributed by atoms with Gasteiger partial charge in [-0.3, -0.25) is 9.69 Å². The third kappa shape index (κ3) is 3.32. The van der Waals surface area contributed by atoms with E-state index < -0.39 is 5.97 Å². The van der Waals surface area contributed by atoms with Gasteiger partial charge in [0.05, 0.1) is 12.5 Å². The Morgan fingerprint density at radius 2 is 2.32 bits per heavy atom. The van der Waals surface area contributed by atoms with Crippen LogP contribution in [0.2, 0.25) is 0 Å². The molecule has 1 fully saturated rings. The first-order valence-electron chi connectivity index (χ1n) is 6.75. The van der Waals surface area contributed by atoms with E-state index in [9.17, 15) is 4.79 Å².